The molecule has 164 valence electrons. The largest absolute Gasteiger partial charge is 0.485 e. The van der Waals surface area contributed by atoms with Crippen LogP contribution in [0.2, 0.25) is 0 Å². The number of para-hydroxylation sites is 2. The van der Waals surface area contributed by atoms with Crippen LogP contribution in [-0.4, -0.2) is 20.4 Å². The first-order chi connectivity index (χ1) is 15.6. The van der Waals surface area contributed by atoms with Gasteiger partial charge in [-0.2, -0.15) is 0 Å². The Morgan fingerprint density at radius 3 is 2.97 bits per heavy atom. The molecule has 4 aromatic rings. The molecule has 0 unspecified atom stereocenters. The number of aromatic nitrogens is 3. The Hall–Kier alpha value is -3.04. The van der Waals surface area contributed by atoms with Gasteiger partial charge in [0.25, 0.3) is 11.5 Å². The molecular weight excluding hydrogens is 444 g/mol. The van der Waals surface area contributed by atoms with Crippen molar-refractivity contribution in [3.63, 3.8) is 0 Å². The van der Waals surface area contributed by atoms with Gasteiger partial charge in [0.2, 0.25) is 0 Å². The van der Waals surface area contributed by atoms with Crippen molar-refractivity contribution < 1.29 is 9.53 Å². The lowest BCUT2D eigenvalue weighted by atomic mass is 10.2. The molecule has 4 heterocycles. The Labute approximate surface area is 192 Å². The second-order valence-electron chi connectivity index (χ2n) is 7.75. The summed E-state index contributed by atoms with van der Waals surface area (Å²) in [6.45, 7) is 2.84. The van der Waals surface area contributed by atoms with Crippen LogP contribution >= 0.6 is 22.7 Å². The minimum absolute atomic E-state index is 0.0355. The first-order valence-electron chi connectivity index (χ1n) is 10.5. The van der Waals surface area contributed by atoms with Gasteiger partial charge >= 0.3 is 0 Å². The van der Waals surface area contributed by atoms with Gasteiger partial charge in [0, 0.05) is 18.3 Å². The van der Waals surface area contributed by atoms with Gasteiger partial charge in [0.15, 0.2) is 0 Å². The van der Waals surface area contributed by atoms with Gasteiger partial charge in [0.1, 0.15) is 23.0 Å². The van der Waals surface area contributed by atoms with E-state index in [4.69, 9.17) is 9.72 Å². The summed E-state index contributed by atoms with van der Waals surface area (Å²) in [6.07, 6.45) is 3.92. The van der Waals surface area contributed by atoms with Gasteiger partial charge < -0.3 is 10.1 Å². The molecule has 1 aromatic carbocycles. The smallest absolute Gasteiger partial charge is 0.266 e. The number of ether oxygens (including phenoxy) is 1. The Bertz CT molecular complexity index is 1340. The van der Waals surface area contributed by atoms with Crippen molar-refractivity contribution in [2.24, 2.45) is 0 Å². The molecule has 3 aromatic heterocycles. The lowest BCUT2D eigenvalue weighted by Crippen LogP contribution is -2.24. The van der Waals surface area contributed by atoms with Crippen molar-refractivity contribution in [2.75, 3.05) is 5.32 Å². The van der Waals surface area contributed by atoms with Crippen LogP contribution in [0.4, 0.5) is 5.69 Å². The van der Waals surface area contributed by atoms with E-state index in [1.54, 1.807) is 16.1 Å². The van der Waals surface area contributed by atoms with Crippen LogP contribution in [0.1, 0.15) is 46.0 Å². The van der Waals surface area contributed by atoms with Crippen molar-refractivity contribution in [2.45, 2.75) is 45.8 Å². The molecule has 1 amide bonds. The molecule has 32 heavy (non-hydrogen) atoms. The molecule has 0 saturated carbocycles. The number of hydrogen-bond acceptors (Lipinski definition) is 7. The Morgan fingerprint density at radius 2 is 2.12 bits per heavy atom. The first-order valence-corrected chi connectivity index (χ1v) is 12.3. The summed E-state index contributed by atoms with van der Waals surface area (Å²) >= 11 is 2.79. The van der Waals surface area contributed by atoms with Crippen molar-refractivity contribution in [1.82, 2.24) is 14.5 Å². The number of aryl methyl sites for hydroxylation is 2. The van der Waals surface area contributed by atoms with E-state index in [0.717, 1.165) is 37.2 Å². The number of rotatable bonds is 5. The maximum atomic E-state index is 13.2. The Balaban J connectivity index is 1.44. The van der Waals surface area contributed by atoms with E-state index in [1.165, 1.54) is 22.7 Å². The van der Waals surface area contributed by atoms with E-state index in [1.807, 2.05) is 30.5 Å². The zero-order valence-corrected chi connectivity index (χ0v) is 19.2. The highest BCUT2D eigenvalue weighted by molar-refractivity contribution is 7.20. The average Bonchev–Trinajstić information content (AvgIpc) is 3.35. The van der Waals surface area contributed by atoms with Crippen molar-refractivity contribution in [1.29, 1.82) is 0 Å². The fourth-order valence-electron chi connectivity index (χ4n) is 3.96. The van der Waals surface area contributed by atoms with Gasteiger partial charge in [-0.05, 0) is 37.5 Å². The van der Waals surface area contributed by atoms with Crippen LogP contribution in [0.3, 0.4) is 0 Å². The molecule has 0 fully saturated rings. The zero-order chi connectivity index (χ0) is 22.1. The molecule has 1 N–H and O–H groups in total. The van der Waals surface area contributed by atoms with E-state index in [2.05, 4.69) is 10.3 Å². The fourth-order valence-corrected chi connectivity index (χ4v) is 5.59. The van der Waals surface area contributed by atoms with Gasteiger partial charge in [0.05, 0.1) is 27.2 Å². The van der Waals surface area contributed by atoms with Gasteiger partial charge in [-0.25, -0.2) is 9.97 Å². The first kappa shape index (κ1) is 20.8. The van der Waals surface area contributed by atoms with Crippen molar-refractivity contribution in [3.05, 3.63) is 67.5 Å². The number of benzene rings is 1. The molecule has 0 bridgehead atoms. The molecule has 0 spiro atoms. The standard InChI is InChI=1S/C23H22N4O3S2/c1-14-19-22(26-18-9-3-2-6-10-27(18)23(19)29)32-20(14)21(28)25-16-7-4-5-8-17(16)30-11-15-12-31-13-24-15/h4-5,7-8,12-13H,2-3,6,9-11H2,1H3,(H,25,28). The summed E-state index contributed by atoms with van der Waals surface area (Å²) in [5.74, 6) is 1.13. The summed E-state index contributed by atoms with van der Waals surface area (Å²) in [5, 5.41) is 5.43. The maximum Gasteiger partial charge on any atom is 0.266 e. The van der Waals surface area contributed by atoms with E-state index in [-0.39, 0.29) is 11.5 Å². The van der Waals surface area contributed by atoms with Crippen LogP contribution in [-0.2, 0) is 19.6 Å². The topological polar surface area (TPSA) is 86.1 Å². The highest BCUT2D eigenvalue weighted by atomic mass is 32.1. The highest BCUT2D eigenvalue weighted by Crippen LogP contribution is 2.31. The lowest BCUT2D eigenvalue weighted by Gasteiger charge is -2.11. The van der Waals surface area contributed by atoms with E-state index >= 15 is 0 Å². The van der Waals surface area contributed by atoms with Crippen LogP contribution in [0, 0.1) is 6.92 Å². The summed E-state index contributed by atoms with van der Waals surface area (Å²) in [7, 11) is 0. The number of nitrogens with one attached hydrogen (secondary N) is 1. The zero-order valence-electron chi connectivity index (χ0n) is 17.6. The minimum Gasteiger partial charge on any atom is -0.485 e. The Kier molecular flexibility index (Phi) is 5.75. The van der Waals surface area contributed by atoms with E-state index in [0.29, 0.717) is 45.2 Å². The number of fused-ring (bicyclic) bond motifs is 2. The summed E-state index contributed by atoms with van der Waals surface area (Å²) < 4.78 is 7.66. The lowest BCUT2D eigenvalue weighted by molar-refractivity contribution is 0.102. The third-order valence-electron chi connectivity index (χ3n) is 5.61. The Morgan fingerprint density at radius 1 is 1.25 bits per heavy atom. The number of carbonyl (C=O) groups excluding carboxylic acids is 1. The maximum absolute atomic E-state index is 13.2. The molecule has 1 aliphatic rings. The van der Waals surface area contributed by atoms with E-state index < -0.39 is 0 Å². The SMILES string of the molecule is Cc1c(C(=O)Nc2ccccc2OCc2cscn2)sc2nc3n(c(=O)c12)CCCCC3. The number of nitrogens with zero attached hydrogens (tertiary/aromatic N) is 3. The van der Waals surface area contributed by atoms with Crippen molar-refractivity contribution >= 4 is 44.5 Å². The summed E-state index contributed by atoms with van der Waals surface area (Å²) in [4.78, 5) is 36.5. The highest BCUT2D eigenvalue weighted by Gasteiger charge is 2.23. The number of hydrogen-bond donors (Lipinski definition) is 1. The molecule has 7 nitrogen and oxygen atoms in total. The molecule has 0 radical (unpaired) electrons. The fraction of sp³-hybridized carbons (Fsp3) is 0.304. The number of carbonyl (C=O) groups is 1. The predicted octanol–water partition coefficient (Wildman–Crippen LogP) is 4.78. The van der Waals surface area contributed by atoms with Crippen LogP contribution < -0.4 is 15.6 Å². The number of thiophene rings is 1. The average molecular weight is 467 g/mol. The van der Waals surface area contributed by atoms with E-state index in [9.17, 15) is 9.59 Å². The summed E-state index contributed by atoms with van der Waals surface area (Å²) in [6, 6.07) is 7.31. The number of anilines is 1. The van der Waals surface area contributed by atoms with Gasteiger partial charge in [-0.1, -0.05) is 18.6 Å². The number of thiazole rings is 1. The third kappa shape index (κ3) is 3.93. The summed E-state index contributed by atoms with van der Waals surface area (Å²) in [5.41, 5.74) is 3.81. The monoisotopic (exact) mass is 466 g/mol. The quantitative estimate of drug-likeness (QED) is 0.457. The van der Waals surface area contributed by atoms with Crippen LogP contribution in [0.5, 0.6) is 5.75 Å². The predicted molar refractivity (Wildman–Crippen MR) is 127 cm³/mol. The molecule has 0 atom stereocenters. The second kappa shape index (κ2) is 8.84. The minimum atomic E-state index is -0.269. The van der Waals surface area contributed by atoms with Crippen LogP contribution in [0.15, 0.2) is 40.0 Å². The van der Waals surface area contributed by atoms with Gasteiger partial charge in [-0.3, -0.25) is 14.2 Å². The third-order valence-corrected chi connectivity index (χ3v) is 7.43. The van der Waals surface area contributed by atoms with Gasteiger partial charge in [-0.15, -0.1) is 22.7 Å². The second-order valence-corrected chi connectivity index (χ2v) is 9.47. The normalized spacial score (nSPS) is 13.5. The molecule has 0 aliphatic carbocycles. The molecule has 9 heteroatoms. The van der Waals surface area contributed by atoms with Crippen molar-refractivity contribution in [3.8, 4) is 5.75 Å². The number of amides is 1. The molecule has 1 aliphatic heterocycles. The molecule has 0 saturated heterocycles. The van der Waals surface area contributed by atoms with Crippen LogP contribution in [0.25, 0.3) is 10.2 Å². The molecule has 5 rings (SSSR count). The molecular formula is C23H22N4O3S2.